The highest BCUT2D eigenvalue weighted by atomic mass is 35.5. The van der Waals surface area contributed by atoms with Crippen LogP contribution in [-0.2, 0) is 5.41 Å². The number of carbonyl (C=O) groups excluding carboxylic acids is 1. The molecular formula is C25H21ClN2O3. The summed E-state index contributed by atoms with van der Waals surface area (Å²) in [6.07, 6.45) is 0. The third-order valence-corrected chi connectivity index (χ3v) is 5.22. The summed E-state index contributed by atoms with van der Waals surface area (Å²) in [6, 6.07) is 21.1. The number of fused-ring (bicyclic) bond motifs is 1. The molecule has 3 aromatic carbocycles. The number of halogens is 1. The molecule has 0 saturated heterocycles. The maximum Gasteiger partial charge on any atom is 0.363 e. The lowest BCUT2D eigenvalue weighted by Crippen LogP contribution is -2.33. The lowest BCUT2D eigenvalue weighted by atomic mass is 9.86. The Balaban J connectivity index is 1.86. The van der Waals surface area contributed by atoms with E-state index in [0.717, 1.165) is 10.3 Å². The van der Waals surface area contributed by atoms with Gasteiger partial charge in [0.1, 0.15) is 0 Å². The van der Waals surface area contributed by atoms with Crippen LogP contribution < -0.4 is 10.4 Å². The van der Waals surface area contributed by atoms with E-state index in [2.05, 4.69) is 25.8 Å². The summed E-state index contributed by atoms with van der Waals surface area (Å²) in [5, 5.41) is 0.757. The van der Waals surface area contributed by atoms with Gasteiger partial charge in [0.2, 0.25) is 0 Å². The number of benzene rings is 3. The van der Waals surface area contributed by atoms with E-state index in [1.54, 1.807) is 36.4 Å². The number of rotatable bonds is 3. The van der Waals surface area contributed by atoms with Gasteiger partial charge in [0.25, 0.3) is 5.56 Å². The molecule has 6 heteroatoms. The van der Waals surface area contributed by atoms with Crippen molar-refractivity contribution in [2.24, 2.45) is 0 Å². The lowest BCUT2D eigenvalue weighted by Gasteiger charge is -2.19. The molecule has 0 spiro atoms. The summed E-state index contributed by atoms with van der Waals surface area (Å²) in [7, 11) is 0. The largest absolute Gasteiger partial charge is 0.363 e. The first kappa shape index (κ1) is 20.8. The van der Waals surface area contributed by atoms with Gasteiger partial charge in [0.15, 0.2) is 5.82 Å². The summed E-state index contributed by atoms with van der Waals surface area (Å²) < 4.78 is 0.956. The SMILES string of the molecule is CC(C)(C)c1ccc(-c2nc3ccccc3c(=O)n2OC(=O)c2cccc(Cl)c2)cc1. The van der Waals surface area contributed by atoms with Crippen molar-refractivity contribution in [3.63, 3.8) is 0 Å². The summed E-state index contributed by atoms with van der Waals surface area (Å²) >= 11 is 5.99. The third-order valence-electron chi connectivity index (χ3n) is 4.98. The Morgan fingerprint density at radius 1 is 0.968 bits per heavy atom. The van der Waals surface area contributed by atoms with Gasteiger partial charge in [-0.3, -0.25) is 4.79 Å². The van der Waals surface area contributed by atoms with Gasteiger partial charge in [-0.2, -0.15) is 0 Å². The number of para-hydroxylation sites is 1. The molecule has 1 aromatic heterocycles. The first-order chi connectivity index (χ1) is 14.7. The normalized spacial score (nSPS) is 11.5. The van der Waals surface area contributed by atoms with Crippen LogP contribution in [0, 0.1) is 0 Å². The molecule has 0 N–H and O–H groups in total. The van der Waals surface area contributed by atoms with Gasteiger partial charge in [-0.25, -0.2) is 9.78 Å². The van der Waals surface area contributed by atoms with Crippen LogP contribution in [0.1, 0.15) is 36.7 Å². The van der Waals surface area contributed by atoms with Gasteiger partial charge in [0.05, 0.1) is 16.5 Å². The highest BCUT2D eigenvalue weighted by molar-refractivity contribution is 6.30. The van der Waals surface area contributed by atoms with Gasteiger partial charge in [-0.1, -0.05) is 74.8 Å². The van der Waals surface area contributed by atoms with Gasteiger partial charge in [0, 0.05) is 10.6 Å². The zero-order valence-corrected chi connectivity index (χ0v) is 18.2. The second-order valence-corrected chi connectivity index (χ2v) is 8.70. The van der Waals surface area contributed by atoms with Gasteiger partial charge in [-0.15, -0.1) is 4.73 Å². The van der Waals surface area contributed by atoms with Crippen LogP contribution in [-0.4, -0.2) is 15.7 Å². The molecule has 0 radical (unpaired) electrons. The van der Waals surface area contributed by atoms with Crippen LogP contribution in [0.25, 0.3) is 22.3 Å². The number of aromatic nitrogens is 2. The van der Waals surface area contributed by atoms with E-state index in [9.17, 15) is 9.59 Å². The van der Waals surface area contributed by atoms with Gasteiger partial charge in [-0.05, 0) is 41.3 Å². The van der Waals surface area contributed by atoms with Crippen molar-refractivity contribution in [3.05, 3.63) is 99.3 Å². The summed E-state index contributed by atoms with van der Waals surface area (Å²) in [4.78, 5) is 36.1. The van der Waals surface area contributed by atoms with Gasteiger partial charge < -0.3 is 4.84 Å². The van der Waals surface area contributed by atoms with Crippen molar-refractivity contribution in [2.75, 3.05) is 0 Å². The fraction of sp³-hybridized carbons (Fsp3) is 0.160. The molecule has 4 aromatic rings. The van der Waals surface area contributed by atoms with Crippen LogP contribution >= 0.6 is 11.6 Å². The predicted molar refractivity (Wildman–Crippen MR) is 123 cm³/mol. The fourth-order valence-corrected chi connectivity index (χ4v) is 3.44. The van der Waals surface area contributed by atoms with Crippen molar-refractivity contribution < 1.29 is 9.63 Å². The molecule has 5 nitrogen and oxygen atoms in total. The average molecular weight is 433 g/mol. The third kappa shape index (κ3) is 4.23. The molecule has 0 atom stereocenters. The molecule has 31 heavy (non-hydrogen) atoms. The molecule has 0 aliphatic carbocycles. The smallest absolute Gasteiger partial charge is 0.326 e. The minimum atomic E-state index is -0.700. The molecule has 0 bridgehead atoms. The Kier molecular flexibility index (Phi) is 5.38. The molecule has 0 fully saturated rings. The van der Waals surface area contributed by atoms with E-state index in [0.29, 0.717) is 21.5 Å². The first-order valence-corrected chi connectivity index (χ1v) is 10.2. The van der Waals surface area contributed by atoms with Crippen molar-refractivity contribution in [2.45, 2.75) is 26.2 Å². The zero-order valence-electron chi connectivity index (χ0n) is 17.4. The fourth-order valence-electron chi connectivity index (χ4n) is 3.25. The molecule has 0 amide bonds. The Bertz CT molecular complexity index is 1340. The highest BCUT2D eigenvalue weighted by Crippen LogP contribution is 2.25. The summed E-state index contributed by atoms with van der Waals surface area (Å²) in [6.45, 7) is 6.37. The van der Waals surface area contributed by atoms with E-state index in [1.165, 1.54) is 6.07 Å². The maximum absolute atomic E-state index is 13.2. The number of nitrogens with zero attached hydrogens (tertiary/aromatic N) is 2. The Hall–Kier alpha value is -3.44. The predicted octanol–water partition coefficient (Wildman–Crippen LogP) is 5.28. The van der Waals surface area contributed by atoms with E-state index < -0.39 is 11.5 Å². The quantitative estimate of drug-likeness (QED) is 0.441. The summed E-state index contributed by atoms with van der Waals surface area (Å²) in [5.41, 5.74) is 2.08. The zero-order chi connectivity index (χ0) is 22.2. The topological polar surface area (TPSA) is 61.2 Å². The van der Waals surface area contributed by atoms with E-state index >= 15 is 0 Å². The number of carbonyl (C=O) groups is 1. The lowest BCUT2D eigenvalue weighted by molar-refractivity contribution is 0.0449. The van der Waals surface area contributed by atoms with Crippen LogP contribution in [0.15, 0.2) is 77.6 Å². The molecule has 0 saturated carbocycles. The van der Waals surface area contributed by atoms with Crippen LogP contribution in [0.2, 0.25) is 5.02 Å². The monoisotopic (exact) mass is 432 g/mol. The van der Waals surface area contributed by atoms with Crippen LogP contribution in [0.4, 0.5) is 0 Å². The van der Waals surface area contributed by atoms with Crippen molar-refractivity contribution >= 4 is 28.5 Å². The van der Waals surface area contributed by atoms with E-state index in [4.69, 9.17) is 16.4 Å². The van der Waals surface area contributed by atoms with E-state index in [1.807, 2.05) is 30.3 Å². The van der Waals surface area contributed by atoms with Crippen molar-refractivity contribution in [1.82, 2.24) is 9.71 Å². The molecule has 0 aliphatic heterocycles. The second-order valence-electron chi connectivity index (χ2n) is 8.27. The summed E-state index contributed by atoms with van der Waals surface area (Å²) in [5.74, 6) is -0.450. The van der Waals surface area contributed by atoms with E-state index in [-0.39, 0.29) is 16.8 Å². The van der Waals surface area contributed by atoms with Crippen LogP contribution in [0.3, 0.4) is 0 Å². The molecule has 0 aliphatic rings. The molecule has 1 heterocycles. The van der Waals surface area contributed by atoms with Gasteiger partial charge >= 0.3 is 5.97 Å². The average Bonchev–Trinajstić information content (AvgIpc) is 2.75. The Labute approximate surface area is 184 Å². The molecule has 0 unspecified atom stereocenters. The Morgan fingerprint density at radius 3 is 2.35 bits per heavy atom. The molecule has 4 rings (SSSR count). The second kappa shape index (κ2) is 8.00. The van der Waals surface area contributed by atoms with Crippen molar-refractivity contribution in [3.8, 4) is 11.4 Å². The Morgan fingerprint density at radius 2 is 1.68 bits per heavy atom. The van der Waals surface area contributed by atoms with Crippen molar-refractivity contribution in [1.29, 1.82) is 0 Å². The molecular weight excluding hydrogens is 412 g/mol. The number of hydrogen-bond acceptors (Lipinski definition) is 4. The minimum Gasteiger partial charge on any atom is -0.326 e. The highest BCUT2D eigenvalue weighted by Gasteiger charge is 2.19. The maximum atomic E-state index is 13.2. The van der Waals surface area contributed by atoms with Crippen LogP contribution in [0.5, 0.6) is 0 Å². The first-order valence-electron chi connectivity index (χ1n) is 9.85. The standard InChI is InChI=1S/C25H21ClN2O3/c1-25(2,3)18-13-11-16(12-14-18)22-27-21-10-5-4-9-20(21)23(29)28(22)31-24(30)17-7-6-8-19(26)15-17/h4-15H,1-3H3. The minimum absolute atomic E-state index is 0.0198. The number of hydrogen-bond donors (Lipinski definition) is 0. The molecule has 156 valence electrons.